The zero-order valence-electron chi connectivity index (χ0n) is 9.90. The number of nitrogens with one attached hydrogen (secondary N) is 1. The van der Waals surface area contributed by atoms with Crippen LogP contribution in [-0.4, -0.2) is 40.2 Å². The fourth-order valence-corrected chi connectivity index (χ4v) is 2.61. The molecule has 0 aliphatic carbocycles. The Labute approximate surface area is 109 Å². The van der Waals surface area contributed by atoms with Gasteiger partial charge in [0.1, 0.15) is 10.7 Å². The Morgan fingerprint density at radius 1 is 1.76 bits per heavy atom. The van der Waals surface area contributed by atoms with Gasteiger partial charge in [0.15, 0.2) is 0 Å². The summed E-state index contributed by atoms with van der Waals surface area (Å²) in [4.78, 5) is 15.8. The number of hydrogen-bond donors (Lipinski definition) is 3. The second kappa shape index (κ2) is 6.34. The zero-order chi connectivity index (χ0) is 12.9. The average Bonchev–Trinajstić information content (AvgIpc) is 2.74. The molecule has 96 valence electrons. The Morgan fingerprint density at radius 2 is 2.47 bits per heavy atom. The SMILES string of the molecule is CSCC(C)(O)CNC(=O)c1csc(CN)n1. The summed E-state index contributed by atoms with van der Waals surface area (Å²) in [6.07, 6.45) is 1.91. The maximum absolute atomic E-state index is 11.7. The molecule has 1 unspecified atom stereocenters. The number of thiazole rings is 1. The van der Waals surface area contributed by atoms with Crippen molar-refractivity contribution in [2.75, 3.05) is 18.6 Å². The van der Waals surface area contributed by atoms with Crippen molar-refractivity contribution >= 4 is 29.0 Å². The van der Waals surface area contributed by atoms with Gasteiger partial charge in [-0.05, 0) is 13.2 Å². The van der Waals surface area contributed by atoms with Gasteiger partial charge in [0, 0.05) is 24.2 Å². The van der Waals surface area contributed by atoms with Crippen LogP contribution in [0.15, 0.2) is 5.38 Å². The molecular formula is C10H17N3O2S2. The number of carbonyl (C=O) groups excluding carboxylic acids is 1. The highest BCUT2D eigenvalue weighted by molar-refractivity contribution is 7.98. The molecule has 0 aliphatic rings. The Balaban J connectivity index is 2.49. The van der Waals surface area contributed by atoms with Crippen LogP contribution in [0.2, 0.25) is 0 Å². The van der Waals surface area contributed by atoms with E-state index in [1.165, 1.54) is 23.1 Å². The predicted octanol–water partition coefficient (Wildman–Crippen LogP) is 0.446. The summed E-state index contributed by atoms with van der Waals surface area (Å²) in [6.45, 7) is 2.24. The van der Waals surface area contributed by atoms with E-state index in [-0.39, 0.29) is 12.5 Å². The molecule has 1 rings (SSSR count). The summed E-state index contributed by atoms with van der Waals surface area (Å²) in [6, 6.07) is 0. The zero-order valence-corrected chi connectivity index (χ0v) is 11.5. The van der Waals surface area contributed by atoms with E-state index in [2.05, 4.69) is 10.3 Å². The van der Waals surface area contributed by atoms with Crippen molar-refractivity contribution in [3.8, 4) is 0 Å². The van der Waals surface area contributed by atoms with Gasteiger partial charge in [-0.1, -0.05) is 0 Å². The number of rotatable bonds is 6. The van der Waals surface area contributed by atoms with E-state index in [1.807, 2.05) is 6.26 Å². The Hall–Kier alpha value is -0.630. The van der Waals surface area contributed by atoms with E-state index in [4.69, 9.17) is 5.73 Å². The number of aromatic nitrogens is 1. The molecule has 0 fully saturated rings. The highest BCUT2D eigenvalue weighted by Crippen LogP contribution is 2.11. The fraction of sp³-hybridized carbons (Fsp3) is 0.600. The summed E-state index contributed by atoms with van der Waals surface area (Å²) >= 11 is 2.89. The molecule has 0 saturated heterocycles. The van der Waals surface area contributed by atoms with Crippen LogP contribution in [0.25, 0.3) is 0 Å². The topological polar surface area (TPSA) is 88.2 Å². The predicted molar refractivity (Wildman–Crippen MR) is 71.3 cm³/mol. The van der Waals surface area contributed by atoms with E-state index in [0.29, 0.717) is 18.0 Å². The summed E-state index contributed by atoms with van der Waals surface area (Å²) in [5.74, 6) is 0.292. The minimum absolute atomic E-state index is 0.210. The molecule has 0 aliphatic heterocycles. The fourth-order valence-electron chi connectivity index (χ4n) is 1.23. The first-order valence-electron chi connectivity index (χ1n) is 5.12. The lowest BCUT2D eigenvalue weighted by molar-refractivity contribution is 0.0722. The van der Waals surface area contributed by atoms with Crippen LogP contribution in [0.3, 0.4) is 0 Å². The van der Waals surface area contributed by atoms with E-state index >= 15 is 0 Å². The lowest BCUT2D eigenvalue weighted by Crippen LogP contribution is -2.42. The van der Waals surface area contributed by atoms with Gasteiger partial charge in [0.05, 0.1) is 5.60 Å². The van der Waals surface area contributed by atoms with E-state index in [0.717, 1.165) is 5.01 Å². The van der Waals surface area contributed by atoms with E-state index in [1.54, 1.807) is 12.3 Å². The van der Waals surface area contributed by atoms with Crippen molar-refractivity contribution < 1.29 is 9.90 Å². The molecule has 7 heteroatoms. The quantitative estimate of drug-likeness (QED) is 0.701. The molecule has 0 aromatic carbocycles. The largest absolute Gasteiger partial charge is 0.387 e. The normalized spacial score (nSPS) is 14.4. The van der Waals surface area contributed by atoms with Gasteiger partial charge < -0.3 is 16.2 Å². The Kier molecular flexibility index (Phi) is 5.38. The van der Waals surface area contributed by atoms with Crippen molar-refractivity contribution in [2.24, 2.45) is 5.73 Å². The van der Waals surface area contributed by atoms with Crippen LogP contribution in [0, 0.1) is 0 Å². The van der Waals surface area contributed by atoms with Crippen LogP contribution in [0.4, 0.5) is 0 Å². The highest BCUT2D eigenvalue weighted by atomic mass is 32.2. The molecule has 4 N–H and O–H groups in total. The lowest BCUT2D eigenvalue weighted by Gasteiger charge is -2.22. The summed E-state index contributed by atoms with van der Waals surface area (Å²) in [5, 5.41) is 14.9. The standard InChI is InChI=1S/C10H17N3O2S2/c1-10(15,6-16-2)5-12-9(14)7-4-17-8(3-11)13-7/h4,15H,3,5-6,11H2,1-2H3,(H,12,14). The number of hydrogen-bond acceptors (Lipinski definition) is 6. The first-order valence-corrected chi connectivity index (χ1v) is 7.40. The van der Waals surface area contributed by atoms with Crippen LogP contribution in [-0.2, 0) is 6.54 Å². The third kappa shape index (κ3) is 4.63. The highest BCUT2D eigenvalue weighted by Gasteiger charge is 2.21. The molecule has 1 amide bonds. The third-order valence-electron chi connectivity index (χ3n) is 2.04. The monoisotopic (exact) mass is 275 g/mol. The first-order chi connectivity index (χ1) is 7.98. The van der Waals surface area contributed by atoms with Gasteiger partial charge in [0.2, 0.25) is 0 Å². The second-order valence-corrected chi connectivity index (χ2v) is 5.75. The average molecular weight is 275 g/mol. The van der Waals surface area contributed by atoms with Gasteiger partial charge in [-0.25, -0.2) is 4.98 Å². The Morgan fingerprint density at radius 3 is 3.00 bits per heavy atom. The minimum atomic E-state index is -0.901. The summed E-state index contributed by atoms with van der Waals surface area (Å²) < 4.78 is 0. The second-order valence-electron chi connectivity index (χ2n) is 3.94. The molecule has 1 heterocycles. The number of carbonyl (C=O) groups is 1. The maximum Gasteiger partial charge on any atom is 0.270 e. The first kappa shape index (κ1) is 14.4. The lowest BCUT2D eigenvalue weighted by atomic mass is 10.1. The van der Waals surface area contributed by atoms with Crippen LogP contribution < -0.4 is 11.1 Å². The molecule has 17 heavy (non-hydrogen) atoms. The third-order valence-corrected chi connectivity index (χ3v) is 3.83. The number of aliphatic hydroxyl groups is 1. The van der Waals surface area contributed by atoms with E-state index in [9.17, 15) is 9.90 Å². The molecule has 1 atom stereocenters. The van der Waals surface area contributed by atoms with Crippen molar-refractivity contribution in [2.45, 2.75) is 19.1 Å². The van der Waals surface area contributed by atoms with Crippen LogP contribution in [0.1, 0.15) is 22.4 Å². The van der Waals surface area contributed by atoms with Crippen LogP contribution >= 0.6 is 23.1 Å². The van der Waals surface area contributed by atoms with Gasteiger partial charge in [0.25, 0.3) is 5.91 Å². The van der Waals surface area contributed by atoms with Crippen molar-refractivity contribution in [3.05, 3.63) is 16.1 Å². The number of thioether (sulfide) groups is 1. The maximum atomic E-state index is 11.7. The van der Waals surface area contributed by atoms with Crippen LogP contribution in [0.5, 0.6) is 0 Å². The molecule has 1 aromatic heterocycles. The molecule has 5 nitrogen and oxygen atoms in total. The smallest absolute Gasteiger partial charge is 0.270 e. The molecule has 1 aromatic rings. The minimum Gasteiger partial charge on any atom is -0.387 e. The molecule has 0 bridgehead atoms. The number of nitrogens with two attached hydrogens (primary N) is 1. The molecule has 0 saturated carbocycles. The van der Waals surface area contributed by atoms with Gasteiger partial charge >= 0.3 is 0 Å². The molecule has 0 radical (unpaired) electrons. The van der Waals surface area contributed by atoms with Gasteiger partial charge in [-0.3, -0.25) is 4.79 Å². The van der Waals surface area contributed by atoms with Gasteiger partial charge in [-0.15, -0.1) is 11.3 Å². The molecular weight excluding hydrogens is 258 g/mol. The van der Waals surface area contributed by atoms with Crippen molar-refractivity contribution in [3.63, 3.8) is 0 Å². The number of nitrogens with zero attached hydrogens (tertiary/aromatic N) is 1. The summed E-state index contributed by atoms with van der Waals surface area (Å²) in [5.41, 5.74) is 4.88. The van der Waals surface area contributed by atoms with Crippen molar-refractivity contribution in [1.82, 2.24) is 10.3 Å². The molecule has 0 spiro atoms. The van der Waals surface area contributed by atoms with Crippen molar-refractivity contribution in [1.29, 1.82) is 0 Å². The summed E-state index contributed by atoms with van der Waals surface area (Å²) in [7, 11) is 0. The Bertz CT molecular complexity index is 379. The number of amides is 1. The van der Waals surface area contributed by atoms with E-state index < -0.39 is 5.60 Å². The van der Waals surface area contributed by atoms with Gasteiger partial charge in [-0.2, -0.15) is 11.8 Å².